The van der Waals surface area contributed by atoms with Crippen LogP contribution in [0.2, 0.25) is 0 Å². The number of rotatable bonds is 11. The molecular formula is C33H54N6O4. The van der Waals surface area contributed by atoms with E-state index < -0.39 is 11.2 Å². The molecule has 1 aliphatic rings. The summed E-state index contributed by atoms with van der Waals surface area (Å²) in [5, 5.41) is 0.913. The number of anilines is 1. The van der Waals surface area contributed by atoms with Gasteiger partial charge in [-0.05, 0) is 105 Å². The lowest BCUT2D eigenvalue weighted by Crippen LogP contribution is -2.42. The Labute approximate surface area is 258 Å². The van der Waals surface area contributed by atoms with Crippen LogP contribution < -0.4 is 5.73 Å². The maximum atomic E-state index is 13.4. The van der Waals surface area contributed by atoms with Crippen molar-refractivity contribution in [2.75, 3.05) is 31.9 Å². The zero-order valence-electron chi connectivity index (χ0n) is 27.9. The molecule has 2 aromatic heterocycles. The third kappa shape index (κ3) is 9.86. The minimum absolute atomic E-state index is 0.276. The number of hydrogen-bond donors (Lipinski definition) is 1. The van der Waals surface area contributed by atoms with Gasteiger partial charge in [-0.25, -0.2) is 19.6 Å². The molecular weight excluding hydrogens is 544 g/mol. The van der Waals surface area contributed by atoms with Gasteiger partial charge in [-0.3, -0.25) is 0 Å². The molecule has 2 unspecified atom stereocenters. The Balaban J connectivity index is 1.70. The lowest BCUT2D eigenvalue weighted by atomic mass is 10.1. The first-order valence-electron chi connectivity index (χ1n) is 15.8. The van der Waals surface area contributed by atoms with Gasteiger partial charge >= 0.3 is 12.2 Å². The van der Waals surface area contributed by atoms with Gasteiger partial charge in [0.25, 0.3) is 0 Å². The van der Waals surface area contributed by atoms with Gasteiger partial charge in [-0.15, -0.1) is 0 Å². The van der Waals surface area contributed by atoms with Crippen LogP contribution >= 0.6 is 0 Å². The molecule has 2 atom stereocenters. The SMILES string of the molecule is C/C=C(\CC)CCN(CCCN(CC1CCC(n2cc(C)c3c(N)ncnc32)C1)C(=O)OC(C)(C)C)C(=O)OC(C)(C)C. The number of nitrogens with zero attached hydrogens (tertiary/aromatic N) is 5. The minimum Gasteiger partial charge on any atom is -0.444 e. The Morgan fingerprint density at radius 1 is 1.02 bits per heavy atom. The molecule has 2 amide bonds. The zero-order valence-corrected chi connectivity index (χ0v) is 27.9. The van der Waals surface area contributed by atoms with E-state index in [4.69, 9.17) is 15.2 Å². The average molecular weight is 599 g/mol. The van der Waals surface area contributed by atoms with Crippen molar-refractivity contribution in [1.29, 1.82) is 0 Å². The Morgan fingerprint density at radius 3 is 2.26 bits per heavy atom. The summed E-state index contributed by atoms with van der Waals surface area (Å²) in [7, 11) is 0. The minimum atomic E-state index is -0.597. The summed E-state index contributed by atoms with van der Waals surface area (Å²) >= 11 is 0. The second-order valence-corrected chi connectivity index (χ2v) is 13.8. The van der Waals surface area contributed by atoms with Crippen LogP contribution in [-0.2, 0) is 9.47 Å². The van der Waals surface area contributed by atoms with Gasteiger partial charge in [0.15, 0.2) is 0 Å². The second-order valence-electron chi connectivity index (χ2n) is 13.8. The van der Waals surface area contributed by atoms with Crippen molar-refractivity contribution in [1.82, 2.24) is 24.3 Å². The smallest absolute Gasteiger partial charge is 0.410 e. The number of ether oxygens (including phenoxy) is 2. The Bertz CT molecular complexity index is 1270. The fraction of sp³-hybridized carbons (Fsp3) is 0.697. The summed E-state index contributed by atoms with van der Waals surface area (Å²) in [5.41, 5.74) is 8.22. The number of allylic oxidation sites excluding steroid dienone is 1. The van der Waals surface area contributed by atoms with Crippen LogP contribution in [0.3, 0.4) is 0 Å². The van der Waals surface area contributed by atoms with Gasteiger partial charge in [0.2, 0.25) is 0 Å². The van der Waals surface area contributed by atoms with Gasteiger partial charge in [-0.1, -0.05) is 18.6 Å². The summed E-state index contributed by atoms with van der Waals surface area (Å²) in [5.74, 6) is 0.821. The first-order chi connectivity index (χ1) is 20.1. The molecule has 3 rings (SSSR count). The van der Waals surface area contributed by atoms with Crippen molar-refractivity contribution in [3.05, 3.63) is 29.7 Å². The molecule has 0 radical (unpaired) electrons. The molecule has 10 heteroatoms. The van der Waals surface area contributed by atoms with Crippen LogP contribution in [0, 0.1) is 12.8 Å². The van der Waals surface area contributed by atoms with Gasteiger partial charge in [0.1, 0.15) is 29.0 Å². The first-order valence-corrected chi connectivity index (χ1v) is 15.8. The first kappa shape index (κ1) is 34.2. The maximum Gasteiger partial charge on any atom is 0.410 e. The molecule has 0 saturated heterocycles. The van der Waals surface area contributed by atoms with E-state index >= 15 is 0 Å². The van der Waals surface area contributed by atoms with Crippen molar-refractivity contribution < 1.29 is 19.1 Å². The molecule has 1 fully saturated rings. The molecule has 2 heterocycles. The molecule has 1 saturated carbocycles. The van der Waals surface area contributed by atoms with Crippen LogP contribution in [-0.4, -0.2) is 73.9 Å². The topological polar surface area (TPSA) is 116 Å². The third-order valence-electron chi connectivity index (χ3n) is 7.94. The van der Waals surface area contributed by atoms with Crippen molar-refractivity contribution in [2.24, 2.45) is 5.92 Å². The van der Waals surface area contributed by atoms with E-state index in [1.54, 1.807) is 4.90 Å². The highest BCUT2D eigenvalue weighted by Gasteiger charge is 2.32. The van der Waals surface area contributed by atoms with Crippen molar-refractivity contribution in [3.8, 4) is 0 Å². The van der Waals surface area contributed by atoms with Crippen LogP contribution in [0.5, 0.6) is 0 Å². The van der Waals surface area contributed by atoms with E-state index in [-0.39, 0.29) is 18.2 Å². The predicted molar refractivity (Wildman–Crippen MR) is 172 cm³/mol. The van der Waals surface area contributed by atoms with Crippen LogP contribution in [0.1, 0.15) is 106 Å². The molecule has 0 bridgehead atoms. The molecule has 0 aromatic carbocycles. The molecule has 1 aliphatic carbocycles. The average Bonchev–Trinajstić information content (AvgIpc) is 3.50. The standard InChI is InChI=1S/C33H54N6O4/c1-10-24(11-2)15-18-37(30(40)42-32(4,5)6)16-12-17-38(31(41)43-33(7,8)9)21-25-13-14-26(19-25)39-20-23(3)27-28(34)35-22-36-29(27)39/h10,20,22,25-26H,11-19,21H2,1-9H3,(H2,34,35,36)/b24-10+. The van der Waals surface area contributed by atoms with Crippen LogP contribution in [0.4, 0.5) is 15.4 Å². The number of amides is 2. The lowest BCUT2D eigenvalue weighted by molar-refractivity contribution is 0.0186. The van der Waals surface area contributed by atoms with Crippen molar-refractivity contribution in [3.63, 3.8) is 0 Å². The Hall–Kier alpha value is -3.30. The number of aromatic nitrogens is 3. The van der Waals surface area contributed by atoms with E-state index in [0.717, 1.165) is 48.7 Å². The molecule has 2 aromatic rings. The summed E-state index contributed by atoms with van der Waals surface area (Å²) in [6, 6.07) is 0.276. The van der Waals surface area contributed by atoms with Gasteiger partial charge in [0.05, 0.1) is 5.39 Å². The number of nitrogen functional groups attached to an aromatic ring is 1. The fourth-order valence-corrected chi connectivity index (χ4v) is 5.82. The van der Waals surface area contributed by atoms with Gasteiger partial charge in [-0.2, -0.15) is 0 Å². The molecule has 10 nitrogen and oxygen atoms in total. The monoisotopic (exact) mass is 598 g/mol. The normalized spacial score (nSPS) is 17.7. The number of aryl methyl sites for hydroxylation is 1. The molecule has 2 N–H and O–H groups in total. The quantitative estimate of drug-likeness (QED) is 0.270. The highest BCUT2D eigenvalue weighted by molar-refractivity contribution is 5.89. The van der Waals surface area contributed by atoms with Gasteiger partial charge < -0.3 is 29.6 Å². The highest BCUT2D eigenvalue weighted by Crippen LogP contribution is 2.38. The van der Waals surface area contributed by atoms with E-state index in [1.807, 2.05) is 60.3 Å². The molecule has 0 spiro atoms. The summed E-state index contributed by atoms with van der Waals surface area (Å²) in [4.78, 5) is 38.7. The summed E-state index contributed by atoms with van der Waals surface area (Å²) in [6.45, 7) is 19.7. The Kier molecular flexibility index (Phi) is 11.5. The Morgan fingerprint density at radius 2 is 1.65 bits per heavy atom. The van der Waals surface area contributed by atoms with Crippen molar-refractivity contribution in [2.45, 2.75) is 118 Å². The molecule has 43 heavy (non-hydrogen) atoms. The lowest BCUT2D eigenvalue weighted by Gasteiger charge is -2.31. The van der Waals surface area contributed by atoms with Crippen LogP contribution in [0.25, 0.3) is 11.0 Å². The number of carbonyl (C=O) groups is 2. The number of nitrogens with two attached hydrogens (primary N) is 1. The van der Waals surface area contributed by atoms with E-state index in [9.17, 15) is 9.59 Å². The third-order valence-corrected chi connectivity index (χ3v) is 7.94. The number of fused-ring (bicyclic) bond motifs is 1. The van der Waals surface area contributed by atoms with E-state index in [0.29, 0.717) is 44.3 Å². The fourth-order valence-electron chi connectivity index (χ4n) is 5.82. The second kappa shape index (κ2) is 14.4. The van der Waals surface area contributed by atoms with Gasteiger partial charge in [0, 0.05) is 38.4 Å². The number of hydrogen-bond acceptors (Lipinski definition) is 7. The van der Waals surface area contributed by atoms with Crippen LogP contribution in [0.15, 0.2) is 24.2 Å². The van der Waals surface area contributed by atoms with Crippen molar-refractivity contribution >= 4 is 29.0 Å². The predicted octanol–water partition coefficient (Wildman–Crippen LogP) is 7.27. The summed E-state index contributed by atoms with van der Waals surface area (Å²) < 4.78 is 13.8. The van der Waals surface area contributed by atoms with E-state index in [1.165, 1.54) is 11.9 Å². The zero-order chi connectivity index (χ0) is 31.9. The number of carbonyl (C=O) groups excluding carboxylic acids is 2. The molecule has 0 aliphatic heterocycles. The largest absolute Gasteiger partial charge is 0.444 e. The maximum absolute atomic E-state index is 13.4. The summed E-state index contributed by atoms with van der Waals surface area (Å²) in [6.07, 6.45) is 10.4. The van der Waals surface area contributed by atoms with E-state index in [2.05, 4.69) is 33.7 Å². The molecule has 240 valence electrons. The highest BCUT2D eigenvalue weighted by atomic mass is 16.6.